The standard InChI is InChI=1S/C48H40N4/c1-2-47-32-48(3-1)42-14-10-40(11-15-42)36-52-30-22-46(23-31-52)44-18-26-50(27-19-44)34-38-6-4-37(5-7-38)33-49-24-16-43(17-25-49)45-20-28-51(29-21-45)35-39-8-12-41(47)13-9-39/h1-32H,33-36H2/q+4. The highest BCUT2D eigenvalue weighted by Crippen LogP contribution is 2.27. The van der Waals surface area contributed by atoms with Crippen LogP contribution >= 0.6 is 0 Å². The van der Waals surface area contributed by atoms with Crippen LogP contribution in [0.15, 0.2) is 195 Å². The van der Waals surface area contributed by atoms with E-state index in [1.54, 1.807) is 0 Å². The van der Waals surface area contributed by atoms with Crippen molar-refractivity contribution in [1.82, 2.24) is 0 Å². The van der Waals surface area contributed by atoms with E-state index in [1.165, 1.54) is 66.8 Å². The van der Waals surface area contributed by atoms with Crippen molar-refractivity contribution in [1.29, 1.82) is 0 Å². The van der Waals surface area contributed by atoms with Gasteiger partial charge in [0.15, 0.2) is 75.8 Å². The number of pyridine rings is 4. The smallest absolute Gasteiger partial charge is 0.173 e. The van der Waals surface area contributed by atoms with Crippen molar-refractivity contribution in [2.24, 2.45) is 0 Å². The van der Waals surface area contributed by atoms with Gasteiger partial charge in [-0.2, -0.15) is 0 Å². The van der Waals surface area contributed by atoms with Gasteiger partial charge in [0.25, 0.3) is 0 Å². The van der Waals surface area contributed by atoms with Crippen LogP contribution in [0, 0.1) is 0 Å². The first-order valence-corrected chi connectivity index (χ1v) is 18.0. The van der Waals surface area contributed by atoms with Crippen LogP contribution in [0.1, 0.15) is 22.3 Å². The van der Waals surface area contributed by atoms with Gasteiger partial charge in [-0.05, 0) is 50.6 Å². The summed E-state index contributed by atoms with van der Waals surface area (Å²) >= 11 is 0. The Bertz CT molecular complexity index is 2260. The summed E-state index contributed by atoms with van der Waals surface area (Å²) in [4.78, 5) is 0. The molecule has 11 aliphatic heterocycles. The summed E-state index contributed by atoms with van der Waals surface area (Å²) in [6.45, 7) is 3.33. The lowest BCUT2D eigenvalue weighted by atomic mass is 9.98. The van der Waals surface area contributed by atoms with Crippen molar-refractivity contribution >= 4 is 0 Å². The number of nitrogens with zero attached hydrogens (tertiary/aromatic N) is 4. The summed E-state index contributed by atoms with van der Waals surface area (Å²) in [5, 5.41) is 0. The lowest BCUT2D eigenvalue weighted by molar-refractivity contribution is -0.689. The van der Waals surface area contributed by atoms with Gasteiger partial charge in [-0.1, -0.05) is 91.0 Å². The van der Waals surface area contributed by atoms with Crippen molar-refractivity contribution in [2.45, 2.75) is 26.2 Å². The lowest BCUT2D eigenvalue weighted by Crippen LogP contribution is -2.34. The first kappa shape index (κ1) is 31.5. The van der Waals surface area contributed by atoms with Crippen LogP contribution in [0.25, 0.3) is 44.5 Å². The van der Waals surface area contributed by atoms with Crippen molar-refractivity contribution in [3.63, 3.8) is 0 Å². The molecule has 0 atom stereocenters. The van der Waals surface area contributed by atoms with Crippen LogP contribution in [-0.2, 0) is 26.2 Å². The average molecular weight is 673 g/mol. The third kappa shape index (κ3) is 7.05. The number of benzene rings is 4. The van der Waals surface area contributed by atoms with Crippen LogP contribution in [0.2, 0.25) is 0 Å². The minimum Gasteiger partial charge on any atom is -0.201 e. The molecule has 11 aliphatic rings. The highest BCUT2D eigenvalue weighted by atomic mass is 14.9. The van der Waals surface area contributed by atoms with Gasteiger partial charge in [0.05, 0.1) is 0 Å². The van der Waals surface area contributed by atoms with E-state index >= 15 is 0 Å². The van der Waals surface area contributed by atoms with Gasteiger partial charge < -0.3 is 0 Å². The zero-order valence-corrected chi connectivity index (χ0v) is 29.1. The largest absolute Gasteiger partial charge is 0.201 e. The van der Waals surface area contributed by atoms with Gasteiger partial charge in [0, 0.05) is 70.8 Å². The molecule has 4 nitrogen and oxygen atoms in total. The quantitative estimate of drug-likeness (QED) is 0.145. The highest BCUT2D eigenvalue weighted by Gasteiger charge is 2.12. The molecule has 0 N–H and O–H groups in total. The number of fused-ring (bicyclic) bond motifs is 1. The summed E-state index contributed by atoms with van der Waals surface area (Å²) in [6.07, 6.45) is 17.4. The summed E-state index contributed by atoms with van der Waals surface area (Å²) in [5.74, 6) is 0. The van der Waals surface area contributed by atoms with Crippen LogP contribution in [0.5, 0.6) is 0 Å². The Kier molecular flexibility index (Phi) is 8.47. The van der Waals surface area contributed by atoms with E-state index in [4.69, 9.17) is 0 Å². The minimum absolute atomic E-state index is 0.827. The Morgan fingerprint density at radius 3 is 0.731 bits per heavy atom. The second-order valence-corrected chi connectivity index (χ2v) is 13.8. The van der Waals surface area contributed by atoms with Gasteiger partial charge in [-0.25, -0.2) is 18.3 Å². The van der Waals surface area contributed by atoms with E-state index in [9.17, 15) is 0 Å². The van der Waals surface area contributed by atoms with Crippen molar-refractivity contribution < 1.29 is 18.3 Å². The Balaban J connectivity index is 1.00. The normalized spacial score (nSPS) is 12.3. The Morgan fingerprint density at radius 2 is 0.462 bits per heavy atom. The van der Waals surface area contributed by atoms with Crippen LogP contribution in [0.4, 0.5) is 0 Å². The number of hydrogen-bond donors (Lipinski definition) is 0. The average Bonchev–Trinajstić information content (AvgIpc) is 3.20. The van der Waals surface area contributed by atoms with Gasteiger partial charge in [-0.15, -0.1) is 0 Å². The summed E-state index contributed by atoms with van der Waals surface area (Å²) in [6, 6.07) is 53.4. The molecule has 0 saturated heterocycles. The highest BCUT2D eigenvalue weighted by molar-refractivity contribution is 5.73. The minimum atomic E-state index is 0.827. The summed E-state index contributed by atoms with van der Waals surface area (Å²) < 4.78 is 8.96. The SMILES string of the molecule is c1cc2cc(c1)-c1ccc(cc1)C[n+]1ccc(cc1)-c1cc[n+](cc1)Cc1ccc(cc1)C[n+]1ccc(cc1)-c1cc[n+](cc1)Cc1ccc-2cc1. The maximum atomic E-state index is 2.30. The van der Waals surface area contributed by atoms with Gasteiger partial charge >= 0.3 is 0 Å². The topological polar surface area (TPSA) is 15.5 Å². The molecule has 19 rings (SSSR count). The fourth-order valence-corrected chi connectivity index (χ4v) is 7.10. The molecule has 0 spiro atoms. The van der Waals surface area contributed by atoms with Crippen molar-refractivity contribution in [2.75, 3.05) is 0 Å². The predicted molar refractivity (Wildman–Crippen MR) is 205 cm³/mol. The first-order valence-electron chi connectivity index (χ1n) is 18.0. The third-order valence-corrected chi connectivity index (χ3v) is 10.2. The second-order valence-electron chi connectivity index (χ2n) is 13.8. The Hall–Kier alpha value is -6.52. The fourth-order valence-electron chi connectivity index (χ4n) is 7.10. The third-order valence-electron chi connectivity index (χ3n) is 10.2. The molecule has 8 aromatic rings. The monoisotopic (exact) mass is 672 g/mol. The number of rotatable bonds is 0. The molecule has 0 aliphatic carbocycles. The molecule has 4 aromatic carbocycles. The maximum absolute atomic E-state index is 2.30. The van der Waals surface area contributed by atoms with E-state index in [1.807, 2.05) is 0 Å². The van der Waals surface area contributed by atoms with Crippen LogP contribution < -0.4 is 18.3 Å². The van der Waals surface area contributed by atoms with E-state index < -0.39 is 0 Å². The van der Waals surface area contributed by atoms with Crippen LogP contribution in [-0.4, -0.2) is 0 Å². The lowest BCUT2D eigenvalue weighted by Gasteiger charge is -2.08. The molecular weight excluding hydrogens is 633 g/mol. The van der Waals surface area contributed by atoms with Gasteiger partial charge in [-0.3, -0.25) is 0 Å². The number of hydrogen-bond acceptors (Lipinski definition) is 0. The van der Waals surface area contributed by atoms with Crippen molar-refractivity contribution in [3.05, 3.63) is 217 Å². The van der Waals surface area contributed by atoms with Crippen LogP contribution in [0.3, 0.4) is 0 Å². The van der Waals surface area contributed by atoms with E-state index in [-0.39, 0.29) is 0 Å². The molecule has 15 heterocycles. The zero-order chi connectivity index (χ0) is 34.7. The maximum Gasteiger partial charge on any atom is 0.173 e. The molecule has 16 bridgehead atoms. The molecule has 248 valence electrons. The van der Waals surface area contributed by atoms with Gasteiger partial charge in [0.1, 0.15) is 0 Å². The number of aromatic nitrogens is 4. The molecule has 4 heteroatoms. The summed E-state index contributed by atoms with van der Waals surface area (Å²) in [7, 11) is 0. The van der Waals surface area contributed by atoms with E-state index in [2.05, 4.69) is 213 Å². The molecular formula is C48H40N4+4. The molecule has 0 fully saturated rings. The Morgan fingerprint density at radius 1 is 0.231 bits per heavy atom. The van der Waals surface area contributed by atoms with E-state index in [0.29, 0.717) is 0 Å². The molecule has 0 radical (unpaired) electrons. The fraction of sp³-hybridized carbons (Fsp3) is 0.0833. The predicted octanol–water partition coefficient (Wildman–Crippen LogP) is 8.01. The second kappa shape index (κ2) is 14.0. The summed E-state index contributed by atoms with van der Waals surface area (Å²) in [5.41, 5.74) is 14.9. The molecule has 52 heavy (non-hydrogen) atoms. The Labute approximate surface area is 305 Å². The molecule has 4 aromatic heterocycles. The first-order chi connectivity index (χ1) is 25.7. The van der Waals surface area contributed by atoms with Gasteiger partial charge in [0.2, 0.25) is 0 Å². The zero-order valence-electron chi connectivity index (χ0n) is 29.1. The molecule has 0 saturated carbocycles. The molecule has 0 unspecified atom stereocenters. The van der Waals surface area contributed by atoms with E-state index in [0.717, 1.165) is 26.2 Å². The van der Waals surface area contributed by atoms with Crippen molar-refractivity contribution in [3.8, 4) is 44.5 Å². The molecule has 0 amide bonds.